The third-order valence-electron chi connectivity index (χ3n) is 2.25. The molecule has 78 valence electrons. The van der Waals surface area contributed by atoms with Crippen molar-refractivity contribution in [3.63, 3.8) is 0 Å². The Morgan fingerprint density at radius 2 is 2.21 bits per heavy atom. The van der Waals surface area contributed by atoms with Crippen LogP contribution in [-0.4, -0.2) is 10.1 Å². The topological polar surface area (TPSA) is 64.9 Å². The van der Waals surface area contributed by atoms with E-state index >= 15 is 0 Å². The minimum absolute atomic E-state index is 0.184. The summed E-state index contributed by atoms with van der Waals surface area (Å²) in [6.07, 6.45) is 2.01. The van der Waals surface area contributed by atoms with Gasteiger partial charge in [-0.1, -0.05) is 5.16 Å². The minimum Gasteiger partial charge on any atom is -0.333 e. The Bertz CT molecular complexity index is 330. The molecule has 0 aliphatic heterocycles. The SMILES string of the molecule is CC(F)(F)c1nc(C(N)C2CC2)no1. The van der Waals surface area contributed by atoms with Crippen molar-refractivity contribution in [1.29, 1.82) is 0 Å². The molecule has 0 bridgehead atoms. The summed E-state index contributed by atoms with van der Waals surface area (Å²) in [4.78, 5) is 3.59. The van der Waals surface area contributed by atoms with Gasteiger partial charge >= 0.3 is 5.92 Å². The quantitative estimate of drug-likeness (QED) is 0.810. The molecular weight excluding hydrogens is 192 g/mol. The second kappa shape index (κ2) is 2.98. The Morgan fingerprint density at radius 1 is 1.57 bits per heavy atom. The standard InChI is InChI=1S/C8H11F2N3O/c1-8(9,10)7-12-6(13-14-7)5(11)4-2-3-4/h4-5H,2-3,11H2,1H3. The predicted molar refractivity (Wildman–Crippen MR) is 43.5 cm³/mol. The molecule has 2 N–H and O–H groups in total. The molecule has 0 aromatic carbocycles. The van der Waals surface area contributed by atoms with Crippen LogP contribution in [0.25, 0.3) is 0 Å². The lowest BCUT2D eigenvalue weighted by atomic mass is 10.2. The fraction of sp³-hybridized carbons (Fsp3) is 0.750. The Balaban J connectivity index is 2.16. The third-order valence-corrected chi connectivity index (χ3v) is 2.25. The summed E-state index contributed by atoms with van der Waals surface area (Å²) >= 11 is 0. The van der Waals surface area contributed by atoms with E-state index in [1.54, 1.807) is 0 Å². The van der Waals surface area contributed by atoms with E-state index < -0.39 is 11.8 Å². The second-order valence-corrected chi connectivity index (χ2v) is 3.71. The van der Waals surface area contributed by atoms with Crippen LogP contribution in [0.2, 0.25) is 0 Å². The van der Waals surface area contributed by atoms with Gasteiger partial charge in [0.05, 0.1) is 6.04 Å². The maximum atomic E-state index is 12.7. The molecule has 0 amide bonds. The van der Waals surface area contributed by atoms with Crippen LogP contribution in [0.3, 0.4) is 0 Å². The molecule has 0 saturated heterocycles. The van der Waals surface area contributed by atoms with Crippen molar-refractivity contribution in [2.24, 2.45) is 11.7 Å². The zero-order chi connectivity index (χ0) is 10.3. The molecular formula is C8H11F2N3O. The van der Waals surface area contributed by atoms with E-state index in [0.29, 0.717) is 12.8 Å². The zero-order valence-corrected chi connectivity index (χ0v) is 7.70. The van der Waals surface area contributed by atoms with Gasteiger partial charge in [0.15, 0.2) is 5.82 Å². The van der Waals surface area contributed by atoms with Gasteiger partial charge < -0.3 is 10.3 Å². The van der Waals surface area contributed by atoms with Crippen molar-refractivity contribution in [3.8, 4) is 0 Å². The van der Waals surface area contributed by atoms with Crippen molar-refractivity contribution in [2.45, 2.75) is 31.7 Å². The second-order valence-electron chi connectivity index (χ2n) is 3.71. The van der Waals surface area contributed by atoms with E-state index in [9.17, 15) is 8.78 Å². The van der Waals surface area contributed by atoms with Crippen LogP contribution in [0.5, 0.6) is 0 Å². The van der Waals surface area contributed by atoms with Crippen LogP contribution in [0, 0.1) is 5.92 Å². The number of alkyl halides is 2. The number of hydrogen-bond acceptors (Lipinski definition) is 4. The lowest BCUT2D eigenvalue weighted by Crippen LogP contribution is -2.15. The van der Waals surface area contributed by atoms with E-state index in [2.05, 4.69) is 14.7 Å². The Kier molecular flexibility index (Phi) is 2.02. The highest BCUT2D eigenvalue weighted by atomic mass is 19.3. The van der Waals surface area contributed by atoms with Gasteiger partial charge in [-0.2, -0.15) is 13.8 Å². The lowest BCUT2D eigenvalue weighted by molar-refractivity contribution is -0.0158. The van der Waals surface area contributed by atoms with Crippen LogP contribution >= 0.6 is 0 Å². The highest BCUT2D eigenvalue weighted by Gasteiger charge is 2.36. The molecule has 4 nitrogen and oxygen atoms in total. The molecule has 1 saturated carbocycles. The average Bonchev–Trinajstić information content (AvgIpc) is 2.79. The largest absolute Gasteiger partial charge is 0.333 e. The van der Waals surface area contributed by atoms with Crippen LogP contribution in [0.1, 0.15) is 37.5 Å². The van der Waals surface area contributed by atoms with Crippen LogP contribution in [0.4, 0.5) is 8.78 Å². The molecule has 6 heteroatoms. The van der Waals surface area contributed by atoms with Gasteiger partial charge in [0.2, 0.25) is 0 Å². The zero-order valence-electron chi connectivity index (χ0n) is 7.70. The number of aromatic nitrogens is 2. The number of nitrogens with zero attached hydrogens (tertiary/aromatic N) is 2. The number of halogens is 2. The fourth-order valence-corrected chi connectivity index (χ4v) is 1.21. The smallest absolute Gasteiger partial charge is 0.322 e. The molecule has 2 rings (SSSR count). The minimum atomic E-state index is -3.09. The van der Waals surface area contributed by atoms with Gasteiger partial charge in [0, 0.05) is 6.92 Å². The average molecular weight is 203 g/mol. The molecule has 14 heavy (non-hydrogen) atoms. The maximum absolute atomic E-state index is 12.7. The molecule has 0 spiro atoms. The first-order valence-electron chi connectivity index (χ1n) is 4.46. The van der Waals surface area contributed by atoms with Crippen molar-refractivity contribution in [3.05, 3.63) is 11.7 Å². The summed E-state index contributed by atoms with van der Waals surface area (Å²) in [5, 5.41) is 3.45. The van der Waals surface area contributed by atoms with Gasteiger partial charge in [0.25, 0.3) is 5.89 Å². The van der Waals surface area contributed by atoms with Crippen molar-refractivity contribution >= 4 is 0 Å². The summed E-state index contributed by atoms with van der Waals surface area (Å²) in [6, 6.07) is -0.366. The third kappa shape index (κ3) is 1.75. The van der Waals surface area contributed by atoms with Gasteiger partial charge in [-0.3, -0.25) is 0 Å². The van der Waals surface area contributed by atoms with Crippen molar-refractivity contribution in [1.82, 2.24) is 10.1 Å². The predicted octanol–water partition coefficient (Wildman–Crippen LogP) is 1.59. The molecule has 1 heterocycles. The first-order valence-corrected chi connectivity index (χ1v) is 4.46. The monoisotopic (exact) mass is 203 g/mol. The molecule has 1 aliphatic rings. The normalized spacial score (nSPS) is 19.7. The van der Waals surface area contributed by atoms with Crippen LogP contribution < -0.4 is 5.73 Å². The summed E-state index contributed by atoms with van der Waals surface area (Å²) < 4.78 is 29.9. The first-order chi connectivity index (χ1) is 6.48. The highest BCUT2D eigenvalue weighted by molar-refractivity contribution is 5.01. The number of nitrogens with two attached hydrogens (primary N) is 1. The van der Waals surface area contributed by atoms with Crippen LogP contribution in [-0.2, 0) is 5.92 Å². The first kappa shape index (κ1) is 9.51. The van der Waals surface area contributed by atoms with Gasteiger partial charge in [-0.15, -0.1) is 0 Å². The van der Waals surface area contributed by atoms with E-state index in [4.69, 9.17) is 5.73 Å². The number of rotatable bonds is 3. The molecule has 0 radical (unpaired) electrons. The molecule has 1 aliphatic carbocycles. The summed E-state index contributed by atoms with van der Waals surface area (Å²) in [5.41, 5.74) is 5.73. The summed E-state index contributed by atoms with van der Waals surface area (Å²) in [7, 11) is 0. The highest BCUT2D eigenvalue weighted by Crippen LogP contribution is 2.39. The molecule has 1 atom stereocenters. The lowest BCUT2D eigenvalue weighted by Gasteiger charge is -2.03. The van der Waals surface area contributed by atoms with Crippen molar-refractivity contribution < 1.29 is 13.3 Å². The Labute approximate surface area is 79.5 Å². The van der Waals surface area contributed by atoms with Crippen molar-refractivity contribution in [2.75, 3.05) is 0 Å². The van der Waals surface area contributed by atoms with Crippen LogP contribution in [0.15, 0.2) is 4.52 Å². The van der Waals surface area contributed by atoms with E-state index in [1.807, 2.05) is 0 Å². The van der Waals surface area contributed by atoms with E-state index in [0.717, 1.165) is 12.8 Å². The van der Waals surface area contributed by atoms with Gasteiger partial charge in [-0.05, 0) is 18.8 Å². The van der Waals surface area contributed by atoms with E-state index in [-0.39, 0.29) is 11.9 Å². The maximum Gasteiger partial charge on any atom is 0.322 e. The number of hydrogen-bond donors (Lipinski definition) is 1. The Morgan fingerprint density at radius 3 is 2.64 bits per heavy atom. The molecule has 1 aromatic heterocycles. The molecule has 1 unspecified atom stereocenters. The summed E-state index contributed by atoms with van der Waals surface area (Å²) in [6.45, 7) is 0.715. The molecule has 1 aromatic rings. The van der Waals surface area contributed by atoms with Gasteiger partial charge in [0.1, 0.15) is 0 Å². The van der Waals surface area contributed by atoms with Gasteiger partial charge in [-0.25, -0.2) is 0 Å². The van der Waals surface area contributed by atoms with E-state index in [1.165, 1.54) is 0 Å². The Hall–Kier alpha value is -1.04. The molecule has 1 fully saturated rings. The summed E-state index contributed by atoms with van der Waals surface area (Å²) in [5.74, 6) is -3.24. The fourth-order valence-electron chi connectivity index (χ4n) is 1.21.